The molecule has 2 amide bonds. The van der Waals surface area contributed by atoms with Crippen molar-refractivity contribution in [3.05, 3.63) is 59.7 Å². The molecule has 0 radical (unpaired) electrons. The van der Waals surface area contributed by atoms with Gasteiger partial charge in [-0.05, 0) is 36.8 Å². The summed E-state index contributed by atoms with van der Waals surface area (Å²) in [5, 5.41) is 15.1. The summed E-state index contributed by atoms with van der Waals surface area (Å²) in [6, 6.07) is 10.4. The average Bonchev–Trinajstić information content (AvgIpc) is 2.61. The van der Waals surface area contributed by atoms with Crippen LogP contribution in [0, 0.1) is 0 Å². The Hall–Kier alpha value is -2.74. The second-order valence-corrected chi connectivity index (χ2v) is 5.40. The van der Waals surface area contributed by atoms with Gasteiger partial charge in [0.2, 0.25) is 0 Å². The normalized spacial score (nSPS) is 12.3. The fourth-order valence-corrected chi connectivity index (χ4v) is 2.22. The summed E-state index contributed by atoms with van der Waals surface area (Å²) in [6.45, 7) is 2.10. The number of aliphatic hydroxyl groups excluding tert-OH is 1. The molecule has 8 heteroatoms. The highest BCUT2D eigenvalue weighted by molar-refractivity contribution is 5.90. The standard InChI is InChI=1S/C18H19F3N2O3/c1-2-26-16-6-4-3-5-14(16)23-17(25)22-11-15(24)12-7-9-13(10-8-12)18(19,20)21/h3-10,15,24H,2,11H2,1H3,(H2,22,23,25). The molecule has 2 rings (SSSR count). The number of hydrogen-bond acceptors (Lipinski definition) is 3. The van der Waals surface area contributed by atoms with Crippen molar-refractivity contribution in [2.45, 2.75) is 19.2 Å². The van der Waals surface area contributed by atoms with Gasteiger partial charge >= 0.3 is 12.2 Å². The maximum atomic E-state index is 12.5. The van der Waals surface area contributed by atoms with E-state index in [-0.39, 0.29) is 12.1 Å². The highest BCUT2D eigenvalue weighted by Crippen LogP contribution is 2.30. The van der Waals surface area contributed by atoms with Gasteiger partial charge in [-0.15, -0.1) is 0 Å². The molecule has 0 aromatic heterocycles. The number of rotatable bonds is 6. The summed E-state index contributed by atoms with van der Waals surface area (Å²) in [5.74, 6) is 0.508. The number of para-hydroxylation sites is 2. The van der Waals surface area contributed by atoms with Crippen molar-refractivity contribution in [1.29, 1.82) is 0 Å². The number of aliphatic hydroxyl groups is 1. The number of benzene rings is 2. The summed E-state index contributed by atoms with van der Waals surface area (Å²) < 4.78 is 43.0. The van der Waals surface area contributed by atoms with E-state index in [1.807, 2.05) is 6.92 Å². The zero-order valence-corrected chi connectivity index (χ0v) is 14.0. The van der Waals surface area contributed by atoms with Gasteiger partial charge < -0.3 is 20.5 Å². The fourth-order valence-electron chi connectivity index (χ4n) is 2.22. The number of nitrogens with one attached hydrogen (secondary N) is 2. The predicted molar refractivity (Wildman–Crippen MR) is 91.0 cm³/mol. The lowest BCUT2D eigenvalue weighted by Crippen LogP contribution is -2.32. The van der Waals surface area contributed by atoms with E-state index in [1.165, 1.54) is 12.1 Å². The number of alkyl halides is 3. The topological polar surface area (TPSA) is 70.6 Å². The van der Waals surface area contributed by atoms with Crippen LogP contribution in [0.4, 0.5) is 23.7 Å². The first-order chi connectivity index (χ1) is 12.3. The van der Waals surface area contributed by atoms with Crippen LogP contribution in [0.15, 0.2) is 48.5 Å². The number of amides is 2. The van der Waals surface area contributed by atoms with Gasteiger partial charge in [0.25, 0.3) is 0 Å². The molecule has 26 heavy (non-hydrogen) atoms. The zero-order valence-electron chi connectivity index (χ0n) is 14.0. The molecule has 0 fully saturated rings. The summed E-state index contributed by atoms with van der Waals surface area (Å²) in [4.78, 5) is 12.0. The summed E-state index contributed by atoms with van der Waals surface area (Å²) in [6.07, 6.45) is -5.57. The number of carbonyl (C=O) groups excluding carboxylic acids is 1. The van der Waals surface area contributed by atoms with Gasteiger partial charge in [-0.3, -0.25) is 0 Å². The van der Waals surface area contributed by atoms with Crippen molar-refractivity contribution in [1.82, 2.24) is 5.32 Å². The van der Waals surface area contributed by atoms with Crippen molar-refractivity contribution in [2.75, 3.05) is 18.5 Å². The molecule has 1 unspecified atom stereocenters. The third-order valence-electron chi connectivity index (χ3n) is 3.51. The maximum Gasteiger partial charge on any atom is 0.416 e. The molecule has 1 atom stereocenters. The van der Waals surface area contributed by atoms with Crippen LogP contribution in [-0.2, 0) is 6.18 Å². The molecule has 0 saturated carbocycles. The third kappa shape index (κ3) is 5.38. The number of carbonyl (C=O) groups is 1. The van der Waals surface area contributed by atoms with Crippen LogP contribution in [-0.4, -0.2) is 24.3 Å². The van der Waals surface area contributed by atoms with E-state index in [2.05, 4.69) is 10.6 Å². The quantitative estimate of drug-likeness (QED) is 0.723. The maximum absolute atomic E-state index is 12.5. The highest BCUT2D eigenvalue weighted by atomic mass is 19.4. The average molecular weight is 368 g/mol. The Labute approximate surface area is 148 Å². The molecule has 0 aliphatic rings. The molecule has 5 nitrogen and oxygen atoms in total. The molecule has 0 aliphatic heterocycles. The highest BCUT2D eigenvalue weighted by Gasteiger charge is 2.30. The minimum atomic E-state index is -4.43. The second-order valence-electron chi connectivity index (χ2n) is 5.40. The molecule has 2 aromatic rings. The van der Waals surface area contributed by atoms with Crippen LogP contribution in [0.25, 0.3) is 0 Å². The Morgan fingerprint density at radius 1 is 1.15 bits per heavy atom. The number of hydrogen-bond donors (Lipinski definition) is 3. The molecule has 3 N–H and O–H groups in total. The molecular formula is C18H19F3N2O3. The second kappa shape index (κ2) is 8.57. The molecular weight excluding hydrogens is 349 g/mol. The molecule has 0 heterocycles. The predicted octanol–water partition coefficient (Wildman–Crippen LogP) is 3.96. The van der Waals surface area contributed by atoms with Gasteiger partial charge in [0.15, 0.2) is 0 Å². The lowest BCUT2D eigenvalue weighted by atomic mass is 10.1. The number of anilines is 1. The van der Waals surface area contributed by atoms with Gasteiger partial charge in [0.05, 0.1) is 24.0 Å². The smallest absolute Gasteiger partial charge is 0.416 e. The van der Waals surface area contributed by atoms with E-state index < -0.39 is 23.9 Å². The summed E-state index contributed by atoms with van der Waals surface area (Å²) in [7, 11) is 0. The van der Waals surface area contributed by atoms with E-state index in [9.17, 15) is 23.1 Å². The van der Waals surface area contributed by atoms with Crippen molar-refractivity contribution < 1.29 is 27.8 Å². The largest absolute Gasteiger partial charge is 0.492 e. The van der Waals surface area contributed by atoms with Crippen molar-refractivity contribution in [3.63, 3.8) is 0 Å². The Balaban J connectivity index is 1.91. The van der Waals surface area contributed by atoms with Crippen molar-refractivity contribution >= 4 is 11.7 Å². The Morgan fingerprint density at radius 3 is 2.42 bits per heavy atom. The SMILES string of the molecule is CCOc1ccccc1NC(=O)NCC(O)c1ccc(C(F)(F)F)cc1. The molecule has 0 bridgehead atoms. The molecule has 0 spiro atoms. The first-order valence-electron chi connectivity index (χ1n) is 7.93. The van der Waals surface area contributed by atoms with E-state index >= 15 is 0 Å². The minimum absolute atomic E-state index is 0.159. The van der Waals surface area contributed by atoms with Gasteiger partial charge in [-0.2, -0.15) is 13.2 Å². The molecule has 0 saturated heterocycles. The van der Waals surface area contributed by atoms with E-state index in [0.717, 1.165) is 12.1 Å². The third-order valence-corrected chi connectivity index (χ3v) is 3.51. The van der Waals surface area contributed by atoms with Crippen LogP contribution in [0.5, 0.6) is 5.75 Å². The molecule has 0 aliphatic carbocycles. The van der Waals surface area contributed by atoms with Crippen molar-refractivity contribution in [3.8, 4) is 5.75 Å². The van der Waals surface area contributed by atoms with Gasteiger partial charge in [-0.25, -0.2) is 4.79 Å². The number of ether oxygens (including phenoxy) is 1. The lowest BCUT2D eigenvalue weighted by molar-refractivity contribution is -0.137. The summed E-state index contributed by atoms with van der Waals surface area (Å²) >= 11 is 0. The van der Waals surface area contributed by atoms with Crippen LogP contribution < -0.4 is 15.4 Å². The van der Waals surface area contributed by atoms with Crippen LogP contribution in [0.3, 0.4) is 0 Å². The summed E-state index contributed by atoms with van der Waals surface area (Å²) in [5.41, 5.74) is -0.0597. The molecule has 2 aromatic carbocycles. The molecule has 140 valence electrons. The van der Waals surface area contributed by atoms with Crippen molar-refractivity contribution in [2.24, 2.45) is 0 Å². The van der Waals surface area contributed by atoms with Gasteiger partial charge in [0, 0.05) is 6.54 Å². The van der Waals surface area contributed by atoms with Crippen LogP contribution in [0.1, 0.15) is 24.2 Å². The first kappa shape index (κ1) is 19.6. The van der Waals surface area contributed by atoms with E-state index in [4.69, 9.17) is 4.74 Å². The van der Waals surface area contributed by atoms with Gasteiger partial charge in [0.1, 0.15) is 5.75 Å². The van der Waals surface area contributed by atoms with Gasteiger partial charge in [-0.1, -0.05) is 24.3 Å². The van der Waals surface area contributed by atoms with Crippen LogP contribution >= 0.6 is 0 Å². The Bertz CT molecular complexity index is 733. The van der Waals surface area contributed by atoms with Crippen LogP contribution in [0.2, 0.25) is 0 Å². The lowest BCUT2D eigenvalue weighted by Gasteiger charge is -2.15. The Kier molecular flexibility index (Phi) is 6.46. The fraction of sp³-hybridized carbons (Fsp3) is 0.278. The monoisotopic (exact) mass is 368 g/mol. The number of halogens is 3. The van der Waals surface area contributed by atoms with E-state index in [1.54, 1.807) is 24.3 Å². The zero-order chi connectivity index (χ0) is 19.2. The Morgan fingerprint density at radius 2 is 1.81 bits per heavy atom. The number of urea groups is 1. The minimum Gasteiger partial charge on any atom is -0.492 e. The first-order valence-corrected chi connectivity index (χ1v) is 7.93. The van der Waals surface area contributed by atoms with E-state index in [0.29, 0.717) is 18.0 Å².